The molecule has 37 heavy (non-hydrogen) atoms. The fourth-order valence-corrected chi connectivity index (χ4v) is 4.26. The molecule has 3 aromatic heterocycles. The standard InChI is InChI=1S/C26H26ClN7O3/c1-3-37-25(35)19-5-4-17(21-8-11-33(2)32-21)16-20(19)23-22(27)24(29-18-6-9-28-10-7-18)31-26(30-23)34-12-14-36-15-13-34/h4-11,16H,3,12-15H2,1-2H3,(H,28,29,30,31). The van der Waals surface area contributed by atoms with Gasteiger partial charge in [0.1, 0.15) is 5.02 Å². The van der Waals surface area contributed by atoms with Gasteiger partial charge >= 0.3 is 5.97 Å². The number of nitrogens with one attached hydrogen (secondary N) is 1. The summed E-state index contributed by atoms with van der Waals surface area (Å²) in [5.41, 5.74) is 3.63. The molecule has 0 saturated carbocycles. The van der Waals surface area contributed by atoms with E-state index in [1.54, 1.807) is 30.1 Å². The first-order valence-corrected chi connectivity index (χ1v) is 12.3. The Morgan fingerprint density at radius 1 is 1.14 bits per heavy atom. The zero-order valence-electron chi connectivity index (χ0n) is 20.5. The molecule has 1 aliphatic heterocycles. The number of hydrogen-bond donors (Lipinski definition) is 1. The highest BCUT2D eigenvalue weighted by Crippen LogP contribution is 2.38. The summed E-state index contributed by atoms with van der Waals surface area (Å²) in [6.45, 7) is 4.41. The van der Waals surface area contributed by atoms with Gasteiger partial charge in [0.25, 0.3) is 0 Å². The molecule has 11 heteroatoms. The van der Waals surface area contributed by atoms with Gasteiger partial charge < -0.3 is 19.7 Å². The van der Waals surface area contributed by atoms with Crippen LogP contribution in [0.5, 0.6) is 0 Å². The van der Waals surface area contributed by atoms with E-state index in [4.69, 9.17) is 31.0 Å². The van der Waals surface area contributed by atoms with Crippen LogP contribution in [0.4, 0.5) is 17.5 Å². The van der Waals surface area contributed by atoms with E-state index in [1.165, 1.54) is 0 Å². The van der Waals surface area contributed by atoms with Crippen molar-refractivity contribution in [3.05, 3.63) is 65.6 Å². The summed E-state index contributed by atoms with van der Waals surface area (Å²) in [5.74, 6) is 0.436. The van der Waals surface area contributed by atoms with Crippen molar-refractivity contribution in [3.63, 3.8) is 0 Å². The molecule has 4 aromatic rings. The molecular weight excluding hydrogens is 494 g/mol. The van der Waals surface area contributed by atoms with Crippen LogP contribution in [0.25, 0.3) is 22.5 Å². The van der Waals surface area contributed by atoms with Gasteiger partial charge in [-0.15, -0.1) is 0 Å². The number of halogens is 1. The first kappa shape index (κ1) is 24.7. The maximum Gasteiger partial charge on any atom is 0.338 e. The van der Waals surface area contributed by atoms with Crippen molar-refractivity contribution in [2.24, 2.45) is 7.05 Å². The molecule has 1 N–H and O–H groups in total. The van der Waals surface area contributed by atoms with Crippen LogP contribution in [-0.2, 0) is 16.5 Å². The number of nitrogens with zero attached hydrogens (tertiary/aromatic N) is 6. The molecule has 1 aliphatic rings. The zero-order chi connectivity index (χ0) is 25.8. The smallest absolute Gasteiger partial charge is 0.338 e. The molecule has 0 amide bonds. The second-order valence-corrected chi connectivity index (χ2v) is 8.73. The number of rotatable bonds is 7. The summed E-state index contributed by atoms with van der Waals surface area (Å²) >= 11 is 6.94. The topological polar surface area (TPSA) is 107 Å². The number of aryl methyl sites for hydroxylation is 1. The van der Waals surface area contributed by atoms with Crippen LogP contribution in [0.3, 0.4) is 0 Å². The van der Waals surface area contributed by atoms with E-state index in [1.807, 2.05) is 48.5 Å². The summed E-state index contributed by atoms with van der Waals surface area (Å²) < 4.78 is 12.6. The maximum atomic E-state index is 13.0. The second-order valence-electron chi connectivity index (χ2n) is 8.35. The third kappa shape index (κ3) is 5.40. The number of esters is 1. The van der Waals surface area contributed by atoms with Crippen LogP contribution in [0, 0.1) is 0 Å². The second kappa shape index (κ2) is 10.9. The molecule has 5 rings (SSSR count). The molecule has 0 radical (unpaired) electrons. The minimum atomic E-state index is -0.462. The highest BCUT2D eigenvalue weighted by molar-refractivity contribution is 6.35. The Kier molecular flexibility index (Phi) is 7.29. The Labute approximate surface area is 219 Å². The van der Waals surface area contributed by atoms with Crippen LogP contribution < -0.4 is 10.2 Å². The van der Waals surface area contributed by atoms with Crippen LogP contribution in [0.15, 0.2) is 55.0 Å². The summed E-state index contributed by atoms with van der Waals surface area (Å²) in [6.07, 6.45) is 5.21. The summed E-state index contributed by atoms with van der Waals surface area (Å²) in [4.78, 5) is 28.7. The minimum Gasteiger partial charge on any atom is -0.462 e. The van der Waals surface area contributed by atoms with E-state index in [-0.39, 0.29) is 11.6 Å². The van der Waals surface area contributed by atoms with Crippen molar-refractivity contribution in [2.75, 3.05) is 43.1 Å². The van der Waals surface area contributed by atoms with Crippen molar-refractivity contribution >= 4 is 35.0 Å². The number of anilines is 3. The first-order chi connectivity index (χ1) is 18.0. The Morgan fingerprint density at radius 3 is 2.62 bits per heavy atom. The number of hydrogen-bond acceptors (Lipinski definition) is 9. The maximum absolute atomic E-state index is 13.0. The molecule has 0 atom stereocenters. The SMILES string of the molecule is CCOC(=O)c1ccc(-c2ccn(C)n2)cc1-c1nc(N2CCOCC2)nc(Nc2ccncc2)c1Cl. The number of carbonyl (C=O) groups excluding carboxylic acids is 1. The van der Waals surface area contributed by atoms with E-state index < -0.39 is 5.97 Å². The van der Waals surface area contributed by atoms with Crippen LogP contribution in [-0.4, -0.2) is 63.6 Å². The third-order valence-corrected chi connectivity index (χ3v) is 6.21. The Morgan fingerprint density at radius 2 is 1.92 bits per heavy atom. The van der Waals surface area contributed by atoms with Gasteiger partial charge in [0.15, 0.2) is 5.82 Å². The van der Waals surface area contributed by atoms with Crippen LogP contribution >= 0.6 is 11.6 Å². The van der Waals surface area contributed by atoms with Gasteiger partial charge in [0.2, 0.25) is 5.95 Å². The monoisotopic (exact) mass is 519 g/mol. The summed E-state index contributed by atoms with van der Waals surface area (Å²) in [6, 6.07) is 11.0. The molecule has 1 aromatic carbocycles. The zero-order valence-corrected chi connectivity index (χ0v) is 21.3. The normalized spacial score (nSPS) is 13.4. The van der Waals surface area contributed by atoms with Crippen molar-refractivity contribution in [1.82, 2.24) is 24.7 Å². The molecule has 4 heterocycles. The quantitative estimate of drug-likeness (QED) is 0.356. The third-order valence-electron chi connectivity index (χ3n) is 5.86. The lowest BCUT2D eigenvalue weighted by molar-refractivity contribution is 0.0527. The van der Waals surface area contributed by atoms with Gasteiger partial charge in [-0.05, 0) is 37.3 Å². The lowest BCUT2D eigenvalue weighted by Gasteiger charge is -2.28. The molecule has 0 unspecified atom stereocenters. The predicted molar refractivity (Wildman–Crippen MR) is 141 cm³/mol. The largest absolute Gasteiger partial charge is 0.462 e. The number of carbonyl (C=O) groups is 1. The van der Waals surface area contributed by atoms with E-state index in [9.17, 15) is 4.79 Å². The van der Waals surface area contributed by atoms with Gasteiger partial charge in [-0.3, -0.25) is 9.67 Å². The lowest BCUT2D eigenvalue weighted by atomic mass is 9.99. The number of morpholine rings is 1. The number of benzene rings is 1. The lowest BCUT2D eigenvalue weighted by Crippen LogP contribution is -2.37. The number of pyridine rings is 1. The van der Waals surface area contributed by atoms with Gasteiger partial charge in [-0.25, -0.2) is 9.78 Å². The van der Waals surface area contributed by atoms with Gasteiger partial charge in [-0.2, -0.15) is 10.1 Å². The Balaban J connectivity index is 1.69. The van der Waals surface area contributed by atoms with Crippen LogP contribution in [0.1, 0.15) is 17.3 Å². The van der Waals surface area contributed by atoms with Crippen molar-refractivity contribution in [2.45, 2.75) is 6.92 Å². The average Bonchev–Trinajstić information content (AvgIpc) is 3.37. The molecule has 1 fully saturated rings. The van der Waals surface area contributed by atoms with Gasteiger partial charge in [-0.1, -0.05) is 17.7 Å². The van der Waals surface area contributed by atoms with E-state index in [0.717, 1.165) is 16.9 Å². The number of ether oxygens (including phenoxy) is 2. The Bertz CT molecular complexity index is 1400. The van der Waals surface area contributed by atoms with Crippen molar-refractivity contribution in [1.29, 1.82) is 0 Å². The predicted octanol–water partition coefficient (Wildman–Crippen LogP) is 4.35. The average molecular weight is 520 g/mol. The van der Waals surface area contributed by atoms with Crippen molar-refractivity contribution < 1.29 is 14.3 Å². The van der Waals surface area contributed by atoms with Gasteiger partial charge in [0, 0.05) is 55.5 Å². The fraction of sp³-hybridized carbons (Fsp3) is 0.269. The molecule has 0 bridgehead atoms. The molecule has 10 nitrogen and oxygen atoms in total. The summed E-state index contributed by atoms with van der Waals surface area (Å²) in [7, 11) is 1.85. The van der Waals surface area contributed by atoms with E-state index in [2.05, 4.69) is 15.4 Å². The molecule has 190 valence electrons. The van der Waals surface area contributed by atoms with E-state index >= 15 is 0 Å². The Hall–Kier alpha value is -4.02. The molecule has 0 spiro atoms. The highest BCUT2D eigenvalue weighted by Gasteiger charge is 2.24. The van der Waals surface area contributed by atoms with Crippen LogP contribution in [0.2, 0.25) is 5.02 Å². The van der Waals surface area contributed by atoms with Crippen molar-refractivity contribution in [3.8, 4) is 22.5 Å². The minimum absolute atomic E-state index is 0.242. The van der Waals surface area contributed by atoms with Gasteiger partial charge in [0.05, 0.1) is 36.8 Å². The molecule has 1 saturated heterocycles. The first-order valence-electron chi connectivity index (χ1n) is 11.9. The molecular formula is C26H26ClN7O3. The van der Waals surface area contributed by atoms with E-state index in [0.29, 0.717) is 54.9 Å². The fourth-order valence-electron chi connectivity index (χ4n) is 4.03. The molecule has 0 aliphatic carbocycles. The summed E-state index contributed by atoms with van der Waals surface area (Å²) in [5, 5.41) is 8.06. The number of aromatic nitrogens is 5. The highest BCUT2D eigenvalue weighted by atomic mass is 35.5.